The molecule has 0 aliphatic rings. The third-order valence-corrected chi connectivity index (χ3v) is 5.61. The number of aryl methyl sites for hydroxylation is 2. The zero-order chi connectivity index (χ0) is 22.5. The Kier molecular flexibility index (Phi) is 6.32. The molecule has 0 saturated heterocycles. The molecule has 0 spiro atoms. The monoisotopic (exact) mass is 446 g/mol. The van der Waals surface area contributed by atoms with Gasteiger partial charge in [-0.1, -0.05) is 48.5 Å². The third-order valence-electron chi connectivity index (χ3n) is 4.71. The Balaban J connectivity index is 1.31. The molecule has 2 aromatic heterocycles. The number of thiazole rings is 1. The van der Waals surface area contributed by atoms with Gasteiger partial charge in [0.25, 0.3) is 11.8 Å². The first-order valence-electron chi connectivity index (χ1n) is 10.0. The predicted octanol–water partition coefficient (Wildman–Crippen LogP) is 3.92. The average molecular weight is 447 g/mol. The molecule has 8 heteroatoms. The molecule has 2 aromatic carbocycles. The molecule has 162 valence electrons. The van der Waals surface area contributed by atoms with Crippen LogP contribution < -0.4 is 15.6 Å². The van der Waals surface area contributed by atoms with Gasteiger partial charge in [-0.05, 0) is 31.6 Å². The second-order valence-corrected chi connectivity index (χ2v) is 8.31. The fourth-order valence-electron chi connectivity index (χ4n) is 3.24. The largest absolute Gasteiger partial charge is 0.483 e. The number of nitrogens with one attached hydrogen (secondary N) is 2. The molecule has 0 fully saturated rings. The summed E-state index contributed by atoms with van der Waals surface area (Å²) in [5.74, 6) is -0.332. The zero-order valence-electron chi connectivity index (χ0n) is 17.7. The lowest BCUT2D eigenvalue weighted by atomic mass is 10.1. The van der Waals surface area contributed by atoms with E-state index < -0.39 is 11.8 Å². The van der Waals surface area contributed by atoms with E-state index in [1.165, 1.54) is 6.08 Å². The van der Waals surface area contributed by atoms with Gasteiger partial charge in [-0.15, -0.1) is 11.3 Å². The molecule has 0 radical (unpaired) electrons. The van der Waals surface area contributed by atoms with E-state index in [9.17, 15) is 9.59 Å². The van der Waals surface area contributed by atoms with Crippen molar-refractivity contribution in [2.45, 2.75) is 13.8 Å². The number of aromatic nitrogens is 2. The van der Waals surface area contributed by atoms with Crippen molar-refractivity contribution in [3.8, 4) is 16.9 Å². The van der Waals surface area contributed by atoms with Crippen molar-refractivity contribution in [1.82, 2.24) is 20.2 Å². The van der Waals surface area contributed by atoms with Crippen LogP contribution in [0.3, 0.4) is 0 Å². The van der Waals surface area contributed by atoms with Gasteiger partial charge in [0.15, 0.2) is 11.6 Å². The molecule has 0 bridgehead atoms. The Morgan fingerprint density at radius 1 is 1.06 bits per heavy atom. The molecule has 2 N–H and O–H groups in total. The van der Waals surface area contributed by atoms with Crippen LogP contribution in [0, 0.1) is 13.8 Å². The Morgan fingerprint density at radius 2 is 1.81 bits per heavy atom. The molecular weight excluding hydrogens is 424 g/mol. The molecule has 0 atom stereocenters. The van der Waals surface area contributed by atoms with Gasteiger partial charge < -0.3 is 4.74 Å². The van der Waals surface area contributed by atoms with Crippen LogP contribution in [0.25, 0.3) is 22.2 Å². The molecule has 0 unspecified atom stereocenters. The van der Waals surface area contributed by atoms with Crippen molar-refractivity contribution in [3.05, 3.63) is 83.1 Å². The Bertz CT molecular complexity index is 1290. The van der Waals surface area contributed by atoms with E-state index in [4.69, 9.17) is 4.74 Å². The van der Waals surface area contributed by atoms with Crippen molar-refractivity contribution >= 4 is 34.2 Å². The topological polar surface area (TPSA) is 84.7 Å². The number of para-hydroxylation sites is 1. The number of hydrogen-bond acceptors (Lipinski definition) is 5. The third kappa shape index (κ3) is 4.87. The Labute approximate surface area is 189 Å². The van der Waals surface area contributed by atoms with Crippen molar-refractivity contribution < 1.29 is 14.3 Å². The van der Waals surface area contributed by atoms with Crippen molar-refractivity contribution in [1.29, 1.82) is 0 Å². The first-order chi connectivity index (χ1) is 15.5. The van der Waals surface area contributed by atoms with Crippen LogP contribution in [0.2, 0.25) is 0 Å². The summed E-state index contributed by atoms with van der Waals surface area (Å²) in [5.41, 5.74) is 8.27. The number of hydrogen-bond donors (Lipinski definition) is 2. The second kappa shape index (κ2) is 9.49. The molecule has 2 amide bonds. The summed E-state index contributed by atoms with van der Waals surface area (Å²) in [6.07, 6.45) is 5.01. The molecule has 4 aromatic rings. The number of imidazole rings is 1. The molecule has 7 nitrogen and oxygen atoms in total. The number of rotatable bonds is 6. The highest BCUT2D eigenvalue weighted by Crippen LogP contribution is 2.29. The van der Waals surface area contributed by atoms with Crippen LogP contribution in [-0.2, 0) is 9.59 Å². The molecule has 0 saturated carbocycles. The molecule has 32 heavy (non-hydrogen) atoms. The highest BCUT2D eigenvalue weighted by molar-refractivity contribution is 7.17. The van der Waals surface area contributed by atoms with E-state index in [-0.39, 0.29) is 6.61 Å². The van der Waals surface area contributed by atoms with Gasteiger partial charge in [0, 0.05) is 22.7 Å². The van der Waals surface area contributed by atoms with Gasteiger partial charge in [0.1, 0.15) is 5.75 Å². The van der Waals surface area contributed by atoms with Crippen molar-refractivity contribution in [2.24, 2.45) is 0 Å². The van der Waals surface area contributed by atoms with Crippen molar-refractivity contribution in [2.75, 3.05) is 6.61 Å². The standard InChI is InChI=1S/C24H22N4O3S/c1-16-14-28-20(17(2)25-24(28)32-16)12-13-22(29)26-27-23(30)15-31-21-11-7-6-10-19(21)18-8-4-3-5-9-18/h3-14H,15H2,1-2H3,(H,26,29)(H,27,30)/b13-12+. The second-order valence-electron chi connectivity index (χ2n) is 7.10. The first-order valence-corrected chi connectivity index (χ1v) is 10.8. The minimum absolute atomic E-state index is 0.232. The maximum Gasteiger partial charge on any atom is 0.276 e. The van der Waals surface area contributed by atoms with Gasteiger partial charge in [-0.2, -0.15) is 0 Å². The van der Waals surface area contributed by atoms with Crippen LogP contribution in [-0.4, -0.2) is 27.8 Å². The maximum absolute atomic E-state index is 12.1. The normalized spacial score (nSPS) is 11.1. The number of hydrazine groups is 1. The molecule has 0 aliphatic heterocycles. The lowest BCUT2D eigenvalue weighted by molar-refractivity contribution is -0.128. The van der Waals surface area contributed by atoms with E-state index >= 15 is 0 Å². The summed E-state index contributed by atoms with van der Waals surface area (Å²) in [5, 5.41) is 0. The maximum atomic E-state index is 12.1. The van der Waals surface area contributed by atoms with Gasteiger partial charge in [0.05, 0.1) is 11.4 Å². The van der Waals surface area contributed by atoms with Crippen LogP contribution in [0.15, 0.2) is 66.9 Å². The quantitative estimate of drug-likeness (QED) is 0.347. The molecule has 4 rings (SSSR count). The van der Waals surface area contributed by atoms with Crippen molar-refractivity contribution in [3.63, 3.8) is 0 Å². The summed E-state index contributed by atoms with van der Waals surface area (Å²) in [6, 6.07) is 17.3. The summed E-state index contributed by atoms with van der Waals surface area (Å²) in [4.78, 5) is 30.8. The van der Waals surface area contributed by atoms with E-state index in [2.05, 4.69) is 15.8 Å². The van der Waals surface area contributed by atoms with E-state index in [1.807, 2.05) is 73.0 Å². The van der Waals surface area contributed by atoms with E-state index in [0.29, 0.717) is 5.75 Å². The molecular formula is C24H22N4O3S. The zero-order valence-corrected chi connectivity index (χ0v) is 18.5. The minimum Gasteiger partial charge on any atom is -0.483 e. The predicted molar refractivity (Wildman–Crippen MR) is 125 cm³/mol. The number of carbonyl (C=O) groups is 2. The summed E-state index contributed by atoms with van der Waals surface area (Å²) >= 11 is 1.59. The number of benzene rings is 2. The lowest BCUT2D eigenvalue weighted by Crippen LogP contribution is -2.43. The highest BCUT2D eigenvalue weighted by atomic mass is 32.1. The van der Waals surface area contributed by atoms with Crippen LogP contribution >= 0.6 is 11.3 Å². The van der Waals surface area contributed by atoms with E-state index in [1.54, 1.807) is 23.5 Å². The number of ether oxygens (including phenoxy) is 1. The van der Waals surface area contributed by atoms with Crippen LogP contribution in [0.5, 0.6) is 5.75 Å². The summed E-state index contributed by atoms with van der Waals surface area (Å²) in [7, 11) is 0. The van der Waals surface area contributed by atoms with Gasteiger partial charge in [0.2, 0.25) is 0 Å². The van der Waals surface area contributed by atoms with Gasteiger partial charge in [-0.25, -0.2) is 4.98 Å². The first kappa shape index (κ1) is 21.3. The highest BCUT2D eigenvalue weighted by Gasteiger charge is 2.10. The van der Waals surface area contributed by atoms with Gasteiger partial charge in [-0.3, -0.25) is 24.8 Å². The van der Waals surface area contributed by atoms with E-state index in [0.717, 1.165) is 32.4 Å². The number of carbonyl (C=O) groups excluding carboxylic acids is 2. The smallest absolute Gasteiger partial charge is 0.276 e. The summed E-state index contributed by atoms with van der Waals surface area (Å²) < 4.78 is 7.62. The fraction of sp³-hybridized carbons (Fsp3) is 0.125. The number of nitrogens with zero attached hydrogens (tertiary/aromatic N) is 2. The van der Waals surface area contributed by atoms with Crippen LogP contribution in [0.4, 0.5) is 0 Å². The fourth-order valence-corrected chi connectivity index (χ4v) is 4.12. The molecule has 2 heterocycles. The SMILES string of the molecule is Cc1cn2c(/C=C/C(=O)NNC(=O)COc3ccccc3-c3ccccc3)c(C)nc2s1. The Morgan fingerprint density at radius 3 is 2.62 bits per heavy atom. The number of amides is 2. The average Bonchev–Trinajstić information content (AvgIpc) is 3.29. The summed E-state index contributed by atoms with van der Waals surface area (Å²) in [6.45, 7) is 3.66. The number of fused-ring (bicyclic) bond motifs is 1. The lowest BCUT2D eigenvalue weighted by Gasteiger charge is -2.12. The minimum atomic E-state index is -0.467. The van der Waals surface area contributed by atoms with Gasteiger partial charge >= 0.3 is 0 Å². The molecule has 0 aliphatic carbocycles. The van der Waals surface area contributed by atoms with Crippen LogP contribution in [0.1, 0.15) is 16.3 Å². The Hall–Kier alpha value is -3.91.